The van der Waals surface area contributed by atoms with Crippen LogP contribution >= 0.6 is 11.8 Å². The van der Waals surface area contributed by atoms with Gasteiger partial charge < -0.3 is 10.2 Å². The third-order valence-corrected chi connectivity index (χ3v) is 5.30. The predicted molar refractivity (Wildman–Crippen MR) is 85.1 cm³/mol. The highest BCUT2D eigenvalue weighted by atomic mass is 32.2. The number of hydrogen-bond donors (Lipinski definition) is 1. The first-order valence-electron chi connectivity index (χ1n) is 7.21. The molecule has 106 valence electrons. The number of nitrogens with zero attached hydrogens (tertiary/aromatic N) is 2. The van der Waals surface area contributed by atoms with E-state index in [9.17, 15) is 0 Å². The van der Waals surface area contributed by atoms with E-state index in [-0.39, 0.29) is 0 Å². The van der Waals surface area contributed by atoms with Crippen LogP contribution in [0.2, 0.25) is 0 Å². The summed E-state index contributed by atoms with van der Waals surface area (Å²) >= 11 is 2.06. The summed E-state index contributed by atoms with van der Waals surface area (Å²) in [5.74, 6) is 2.31. The number of anilines is 1. The topological polar surface area (TPSA) is 28.2 Å². The molecular formula is C15H25N3S. The first-order chi connectivity index (χ1) is 9.13. The first-order valence-corrected chi connectivity index (χ1v) is 8.26. The van der Waals surface area contributed by atoms with Gasteiger partial charge in [0.05, 0.1) is 0 Å². The van der Waals surface area contributed by atoms with Crippen molar-refractivity contribution in [3.8, 4) is 0 Å². The molecule has 2 heterocycles. The molecule has 1 aromatic rings. The fourth-order valence-electron chi connectivity index (χ4n) is 2.50. The summed E-state index contributed by atoms with van der Waals surface area (Å²) in [6.07, 6.45) is 2.02. The average Bonchev–Trinajstić information content (AvgIpc) is 2.42. The highest BCUT2D eigenvalue weighted by Gasteiger charge is 2.26. The van der Waals surface area contributed by atoms with E-state index < -0.39 is 0 Å². The Kier molecular flexibility index (Phi) is 5.11. The molecule has 1 fully saturated rings. The highest BCUT2D eigenvalue weighted by Crippen LogP contribution is 2.28. The Balaban J connectivity index is 2.09. The molecule has 1 aromatic heterocycles. The van der Waals surface area contributed by atoms with Crippen LogP contribution in [0.3, 0.4) is 0 Å². The average molecular weight is 279 g/mol. The van der Waals surface area contributed by atoms with Crippen molar-refractivity contribution in [1.29, 1.82) is 0 Å². The number of pyridine rings is 1. The van der Waals surface area contributed by atoms with Crippen molar-refractivity contribution in [2.45, 2.75) is 45.0 Å². The summed E-state index contributed by atoms with van der Waals surface area (Å²) < 4.78 is 0. The monoisotopic (exact) mass is 279 g/mol. The maximum atomic E-state index is 4.67. The minimum Gasteiger partial charge on any atom is -0.352 e. The number of hydrogen-bond acceptors (Lipinski definition) is 4. The van der Waals surface area contributed by atoms with E-state index in [4.69, 9.17) is 0 Å². The SMILES string of the molecule is CCNC(C)c1ccc(N2CCSC(C)C2C)nc1. The van der Waals surface area contributed by atoms with Crippen molar-refractivity contribution < 1.29 is 0 Å². The molecule has 1 aliphatic rings. The smallest absolute Gasteiger partial charge is 0.128 e. The van der Waals surface area contributed by atoms with Gasteiger partial charge in [-0.3, -0.25) is 0 Å². The molecule has 4 heteroatoms. The molecule has 0 amide bonds. The molecule has 0 aromatic carbocycles. The van der Waals surface area contributed by atoms with Crippen molar-refractivity contribution in [1.82, 2.24) is 10.3 Å². The van der Waals surface area contributed by atoms with Gasteiger partial charge in [-0.25, -0.2) is 4.98 Å². The summed E-state index contributed by atoms with van der Waals surface area (Å²) in [4.78, 5) is 7.10. The van der Waals surface area contributed by atoms with Gasteiger partial charge in [-0.2, -0.15) is 11.8 Å². The lowest BCUT2D eigenvalue weighted by atomic mass is 10.1. The van der Waals surface area contributed by atoms with Crippen molar-refractivity contribution in [2.24, 2.45) is 0 Å². The molecule has 2 rings (SSSR count). The van der Waals surface area contributed by atoms with E-state index in [1.54, 1.807) is 0 Å². The summed E-state index contributed by atoms with van der Waals surface area (Å²) in [5.41, 5.74) is 1.26. The second-order valence-corrected chi connectivity index (χ2v) is 6.72. The van der Waals surface area contributed by atoms with E-state index in [1.165, 1.54) is 11.3 Å². The van der Waals surface area contributed by atoms with E-state index in [0.717, 1.165) is 18.9 Å². The van der Waals surface area contributed by atoms with Gasteiger partial charge in [0.2, 0.25) is 0 Å². The number of thioether (sulfide) groups is 1. The minimum absolute atomic E-state index is 0.375. The van der Waals surface area contributed by atoms with Crippen LogP contribution in [0.4, 0.5) is 5.82 Å². The quantitative estimate of drug-likeness (QED) is 0.917. The summed E-state index contributed by atoms with van der Waals surface area (Å²) in [6, 6.07) is 5.31. The van der Waals surface area contributed by atoms with Gasteiger partial charge in [-0.15, -0.1) is 0 Å². The van der Waals surface area contributed by atoms with E-state index in [1.807, 2.05) is 6.20 Å². The molecule has 0 bridgehead atoms. The first kappa shape index (κ1) is 14.7. The van der Waals surface area contributed by atoms with Crippen LogP contribution in [0, 0.1) is 0 Å². The fraction of sp³-hybridized carbons (Fsp3) is 0.667. The zero-order valence-corrected chi connectivity index (χ0v) is 13.2. The largest absolute Gasteiger partial charge is 0.352 e. The number of nitrogens with one attached hydrogen (secondary N) is 1. The molecule has 3 atom stereocenters. The molecular weight excluding hydrogens is 254 g/mol. The zero-order valence-electron chi connectivity index (χ0n) is 12.4. The molecule has 1 aliphatic heterocycles. The van der Waals surface area contributed by atoms with Crippen LogP contribution in [0.25, 0.3) is 0 Å². The Morgan fingerprint density at radius 1 is 1.47 bits per heavy atom. The van der Waals surface area contributed by atoms with Crippen LogP contribution in [-0.4, -0.2) is 35.1 Å². The van der Waals surface area contributed by atoms with Gasteiger partial charge in [-0.05, 0) is 32.0 Å². The van der Waals surface area contributed by atoms with E-state index in [2.05, 4.69) is 66.8 Å². The van der Waals surface area contributed by atoms with Crippen LogP contribution in [0.5, 0.6) is 0 Å². The molecule has 3 unspecified atom stereocenters. The van der Waals surface area contributed by atoms with E-state index in [0.29, 0.717) is 17.3 Å². The third-order valence-electron chi connectivity index (χ3n) is 3.96. The Bertz CT molecular complexity index is 393. The summed E-state index contributed by atoms with van der Waals surface area (Å²) in [6.45, 7) is 11.0. The molecule has 3 nitrogen and oxygen atoms in total. The van der Waals surface area contributed by atoms with Gasteiger partial charge >= 0.3 is 0 Å². The zero-order chi connectivity index (χ0) is 13.8. The lowest BCUT2D eigenvalue weighted by Gasteiger charge is -2.38. The van der Waals surface area contributed by atoms with Crippen LogP contribution < -0.4 is 10.2 Å². The molecule has 0 spiro atoms. The lowest BCUT2D eigenvalue weighted by Crippen LogP contribution is -2.45. The molecule has 0 saturated carbocycles. The summed E-state index contributed by atoms with van der Waals surface area (Å²) in [5, 5.41) is 4.10. The normalized spacial score (nSPS) is 25.4. The third kappa shape index (κ3) is 3.42. The maximum Gasteiger partial charge on any atom is 0.128 e. The Labute approximate surface area is 121 Å². The second-order valence-electron chi connectivity index (χ2n) is 5.24. The molecule has 0 aliphatic carbocycles. The molecule has 19 heavy (non-hydrogen) atoms. The summed E-state index contributed by atoms with van der Waals surface area (Å²) in [7, 11) is 0. The fourth-order valence-corrected chi connectivity index (χ4v) is 3.60. The van der Waals surface area contributed by atoms with Gasteiger partial charge in [0.1, 0.15) is 5.82 Å². The van der Waals surface area contributed by atoms with Crippen molar-refractivity contribution in [2.75, 3.05) is 23.7 Å². The predicted octanol–water partition coefficient (Wildman–Crippen LogP) is 3.08. The minimum atomic E-state index is 0.375. The van der Waals surface area contributed by atoms with E-state index >= 15 is 0 Å². The lowest BCUT2D eigenvalue weighted by molar-refractivity contribution is 0.593. The number of rotatable bonds is 4. The maximum absolute atomic E-state index is 4.67. The van der Waals surface area contributed by atoms with Gasteiger partial charge in [0.15, 0.2) is 0 Å². The van der Waals surface area contributed by atoms with Gasteiger partial charge in [0.25, 0.3) is 0 Å². The van der Waals surface area contributed by atoms with Gasteiger partial charge in [0, 0.05) is 35.8 Å². The Morgan fingerprint density at radius 2 is 2.26 bits per heavy atom. The van der Waals surface area contributed by atoms with Crippen LogP contribution in [-0.2, 0) is 0 Å². The van der Waals surface area contributed by atoms with Gasteiger partial charge in [-0.1, -0.05) is 19.9 Å². The molecule has 1 saturated heterocycles. The van der Waals surface area contributed by atoms with Crippen molar-refractivity contribution >= 4 is 17.6 Å². The second kappa shape index (κ2) is 6.62. The van der Waals surface area contributed by atoms with Crippen molar-refractivity contribution in [3.63, 3.8) is 0 Å². The standard InChI is InChI=1S/C15H25N3S/c1-5-16-11(2)14-6-7-15(17-10-14)18-8-9-19-13(4)12(18)3/h6-7,10-13,16H,5,8-9H2,1-4H3. The van der Waals surface area contributed by atoms with Crippen LogP contribution in [0.1, 0.15) is 39.3 Å². The Morgan fingerprint density at radius 3 is 2.89 bits per heavy atom. The van der Waals surface area contributed by atoms with Crippen LogP contribution in [0.15, 0.2) is 18.3 Å². The Hall–Kier alpha value is -0.740. The van der Waals surface area contributed by atoms with Crippen molar-refractivity contribution in [3.05, 3.63) is 23.9 Å². The molecule has 0 radical (unpaired) electrons. The molecule has 1 N–H and O–H groups in total. The highest BCUT2D eigenvalue weighted by molar-refractivity contribution is 8.00. The number of aromatic nitrogens is 1.